The normalized spacial score (nSPS) is 11.4. The van der Waals surface area contributed by atoms with E-state index in [1.165, 1.54) is 0 Å². The molecular weight excluding hydrogens is 338 g/mol. The molecule has 5 nitrogen and oxygen atoms in total. The molecule has 0 aliphatic rings. The molecule has 2 amide bonds. The van der Waals surface area contributed by atoms with Gasteiger partial charge in [0, 0.05) is 5.69 Å². The van der Waals surface area contributed by atoms with Crippen molar-refractivity contribution < 1.29 is 9.59 Å². The van der Waals surface area contributed by atoms with Gasteiger partial charge in [0.05, 0.1) is 6.42 Å². The molecule has 3 aromatic rings. The predicted molar refractivity (Wildman–Crippen MR) is 106 cm³/mol. The molecule has 0 spiro atoms. The number of anilines is 1. The molecule has 0 saturated heterocycles. The van der Waals surface area contributed by atoms with Gasteiger partial charge in [0.1, 0.15) is 6.04 Å². The van der Waals surface area contributed by atoms with Gasteiger partial charge < -0.3 is 5.32 Å². The summed E-state index contributed by atoms with van der Waals surface area (Å²) in [5.74, 6) is -0.470. The first-order chi connectivity index (χ1) is 13.2. The zero-order valence-electron chi connectivity index (χ0n) is 14.8. The van der Waals surface area contributed by atoms with E-state index in [9.17, 15) is 9.59 Å². The molecular formula is C22H21N3O2. The lowest BCUT2D eigenvalue weighted by atomic mass is 10.1. The second-order valence-corrected chi connectivity index (χ2v) is 6.05. The minimum atomic E-state index is -0.717. The highest BCUT2D eigenvalue weighted by atomic mass is 16.2. The fourth-order valence-electron chi connectivity index (χ4n) is 2.66. The lowest BCUT2D eigenvalue weighted by molar-refractivity contribution is -0.123. The maximum atomic E-state index is 12.8. The summed E-state index contributed by atoms with van der Waals surface area (Å²) in [7, 11) is 0. The molecule has 27 heavy (non-hydrogen) atoms. The first-order valence-electron chi connectivity index (χ1n) is 8.71. The van der Waals surface area contributed by atoms with Gasteiger partial charge in [0.15, 0.2) is 0 Å². The largest absolute Gasteiger partial charge is 0.324 e. The number of carbonyl (C=O) groups is 2. The van der Waals surface area contributed by atoms with Gasteiger partial charge in [-0.15, -0.1) is 0 Å². The number of rotatable bonds is 7. The van der Waals surface area contributed by atoms with E-state index in [-0.39, 0.29) is 18.2 Å². The highest BCUT2D eigenvalue weighted by Gasteiger charge is 2.21. The standard InChI is InChI=1S/C22H21N3O2/c26-20(16-17-10-4-1-5-11-17)24-25-21(18-12-6-2-7-13-18)22(27)23-19-14-8-3-9-15-19/h1-15,21,25H,16H2,(H,23,27)(H,24,26)/t21-/m1/s1. The summed E-state index contributed by atoms with van der Waals surface area (Å²) in [5.41, 5.74) is 7.87. The molecule has 3 aromatic carbocycles. The Kier molecular flexibility index (Phi) is 6.33. The molecule has 0 aliphatic carbocycles. The first-order valence-corrected chi connectivity index (χ1v) is 8.71. The van der Waals surface area contributed by atoms with Crippen molar-refractivity contribution in [3.05, 3.63) is 102 Å². The average molecular weight is 359 g/mol. The molecule has 3 rings (SSSR count). The molecule has 0 bridgehead atoms. The van der Waals surface area contributed by atoms with Gasteiger partial charge in [0.25, 0.3) is 0 Å². The zero-order valence-corrected chi connectivity index (χ0v) is 14.8. The Bertz CT molecular complexity index is 868. The van der Waals surface area contributed by atoms with Crippen molar-refractivity contribution in [3.63, 3.8) is 0 Å². The molecule has 5 heteroatoms. The van der Waals surface area contributed by atoms with Gasteiger partial charge in [-0.1, -0.05) is 78.9 Å². The zero-order chi connectivity index (χ0) is 18.9. The Morgan fingerprint density at radius 2 is 1.30 bits per heavy atom. The second-order valence-electron chi connectivity index (χ2n) is 6.05. The van der Waals surface area contributed by atoms with Crippen LogP contribution >= 0.6 is 0 Å². The summed E-state index contributed by atoms with van der Waals surface area (Å²) in [4.78, 5) is 25.0. The third-order valence-corrected chi connectivity index (χ3v) is 4.00. The van der Waals surface area contributed by atoms with Crippen molar-refractivity contribution in [1.82, 2.24) is 10.9 Å². The molecule has 0 aliphatic heterocycles. The number of hydrogen-bond acceptors (Lipinski definition) is 3. The quantitative estimate of drug-likeness (QED) is 0.567. The molecule has 0 saturated carbocycles. The monoisotopic (exact) mass is 359 g/mol. The van der Waals surface area contributed by atoms with Crippen molar-refractivity contribution in [1.29, 1.82) is 0 Å². The Hall–Kier alpha value is -3.44. The lowest BCUT2D eigenvalue weighted by Gasteiger charge is -2.19. The number of hydrazine groups is 1. The van der Waals surface area contributed by atoms with Gasteiger partial charge in [-0.25, -0.2) is 5.43 Å². The SMILES string of the molecule is O=C(Cc1ccccc1)NN[C@@H](C(=O)Nc1ccccc1)c1ccccc1. The van der Waals surface area contributed by atoms with Crippen LogP contribution < -0.4 is 16.2 Å². The number of benzene rings is 3. The Balaban J connectivity index is 1.67. The number of nitrogens with one attached hydrogen (secondary N) is 3. The fraction of sp³-hybridized carbons (Fsp3) is 0.0909. The van der Waals surface area contributed by atoms with Crippen molar-refractivity contribution in [3.8, 4) is 0 Å². The van der Waals surface area contributed by atoms with Crippen LogP contribution in [0.15, 0.2) is 91.0 Å². The van der Waals surface area contributed by atoms with E-state index < -0.39 is 6.04 Å². The van der Waals surface area contributed by atoms with E-state index in [2.05, 4.69) is 16.2 Å². The summed E-state index contributed by atoms with van der Waals surface area (Å²) in [5, 5.41) is 2.86. The fourth-order valence-corrected chi connectivity index (χ4v) is 2.66. The number of carbonyl (C=O) groups excluding carboxylic acids is 2. The maximum Gasteiger partial charge on any atom is 0.247 e. The van der Waals surface area contributed by atoms with Crippen molar-refractivity contribution in [2.24, 2.45) is 0 Å². The van der Waals surface area contributed by atoms with Crippen LogP contribution in [0.25, 0.3) is 0 Å². The van der Waals surface area contributed by atoms with E-state index in [0.717, 1.165) is 11.1 Å². The van der Waals surface area contributed by atoms with Crippen LogP contribution in [-0.2, 0) is 16.0 Å². The predicted octanol–water partition coefficient (Wildman–Crippen LogP) is 3.23. The van der Waals surface area contributed by atoms with E-state index >= 15 is 0 Å². The van der Waals surface area contributed by atoms with E-state index in [4.69, 9.17) is 0 Å². The van der Waals surface area contributed by atoms with E-state index in [1.54, 1.807) is 0 Å². The molecule has 0 radical (unpaired) electrons. The Morgan fingerprint density at radius 1 is 0.741 bits per heavy atom. The first kappa shape index (κ1) is 18.4. The minimum Gasteiger partial charge on any atom is -0.324 e. The van der Waals surface area contributed by atoms with Crippen LogP contribution in [-0.4, -0.2) is 11.8 Å². The molecule has 136 valence electrons. The minimum absolute atomic E-state index is 0.213. The lowest BCUT2D eigenvalue weighted by Crippen LogP contribution is -2.45. The van der Waals surface area contributed by atoms with Crippen LogP contribution in [0.4, 0.5) is 5.69 Å². The van der Waals surface area contributed by atoms with Crippen LogP contribution in [0.1, 0.15) is 17.2 Å². The number of para-hydroxylation sites is 1. The second kappa shape index (κ2) is 9.31. The van der Waals surface area contributed by atoms with Crippen LogP contribution in [0.3, 0.4) is 0 Å². The van der Waals surface area contributed by atoms with E-state index in [1.807, 2.05) is 91.0 Å². The van der Waals surface area contributed by atoms with Crippen LogP contribution in [0.2, 0.25) is 0 Å². The summed E-state index contributed by atoms with van der Waals surface area (Å²) in [6, 6.07) is 27.2. The molecule has 0 heterocycles. The molecule has 0 fully saturated rings. The Morgan fingerprint density at radius 3 is 1.93 bits per heavy atom. The van der Waals surface area contributed by atoms with E-state index in [0.29, 0.717) is 5.69 Å². The van der Waals surface area contributed by atoms with Crippen molar-refractivity contribution in [2.75, 3.05) is 5.32 Å². The molecule has 0 aromatic heterocycles. The third kappa shape index (κ3) is 5.52. The topological polar surface area (TPSA) is 70.2 Å². The highest BCUT2D eigenvalue weighted by Crippen LogP contribution is 2.15. The maximum absolute atomic E-state index is 12.8. The van der Waals surface area contributed by atoms with Crippen LogP contribution in [0, 0.1) is 0 Å². The smallest absolute Gasteiger partial charge is 0.247 e. The van der Waals surface area contributed by atoms with Gasteiger partial charge in [0.2, 0.25) is 11.8 Å². The third-order valence-electron chi connectivity index (χ3n) is 4.00. The summed E-state index contributed by atoms with van der Waals surface area (Å²) >= 11 is 0. The highest BCUT2D eigenvalue weighted by molar-refractivity contribution is 5.95. The van der Waals surface area contributed by atoms with Crippen molar-refractivity contribution >= 4 is 17.5 Å². The van der Waals surface area contributed by atoms with Gasteiger partial charge >= 0.3 is 0 Å². The molecule has 1 atom stereocenters. The van der Waals surface area contributed by atoms with Gasteiger partial charge in [-0.2, -0.15) is 0 Å². The Labute approximate surface area is 158 Å². The molecule has 0 unspecified atom stereocenters. The van der Waals surface area contributed by atoms with Gasteiger partial charge in [-0.05, 0) is 23.3 Å². The number of amides is 2. The molecule has 3 N–H and O–H groups in total. The van der Waals surface area contributed by atoms with Gasteiger partial charge in [-0.3, -0.25) is 15.0 Å². The van der Waals surface area contributed by atoms with Crippen LogP contribution in [0.5, 0.6) is 0 Å². The summed E-state index contributed by atoms with van der Waals surface area (Å²) in [6.45, 7) is 0. The van der Waals surface area contributed by atoms with Crippen molar-refractivity contribution in [2.45, 2.75) is 12.5 Å². The average Bonchev–Trinajstić information content (AvgIpc) is 2.70. The summed E-state index contributed by atoms with van der Waals surface area (Å²) in [6.07, 6.45) is 0.232. The summed E-state index contributed by atoms with van der Waals surface area (Å²) < 4.78 is 0. The number of hydrogen-bond donors (Lipinski definition) is 3.